The maximum Gasteiger partial charge on any atom is 0.337 e. The number of aromatic hydroxyl groups is 1. The molecule has 1 atom stereocenters. The molecule has 2 aliphatic carbocycles. The van der Waals surface area contributed by atoms with Crippen molar-refractivity contribution in [1.82, 2.24) is 5.32 Å². The lowest BCUT2D eigenvalue weighted by Crippen LogP contribution is -2.39. The molecule has 1 aromatic carbocycles. The Morgan fingerprint density at radius 3 is 2.62 bits per heavy atom. The topological polar surface area (TPSA) is 75.6 Å². The lowest BCUT2D eigenvalue weighted by molar-refractivity contribution is -0.144. The van der Waals surface area contributed by atoms with Crippen LogP contribution in [-0.2, 0) is 14.3 Å². The summed E-state index contributed by atoms with van der Waals surface area (Å²) < 4.78 is 5.83. The van der Waals surface area contributed by atoms with Gasteiger partial charge in [0, 0.05) is 29.3 Å². The number of carbonyl (C=O) groups excluding carboxylic acids is 2. The molecule has 0 aromatic heterocycles. The molecular weight excluding hydrogens is 366 g/mol. The second-order valence-corrected chi connectivity index (χ2v) is 9.34. The first kappa shape index (κ1) is 19.7. The van der Waals surface area contributed by atoms with Crippen molar-refractivity contribution in [2.24, 2.45) is 5.41 Å². The molecule has 1 saturated carbocycles. The van der Waals surface area contributed by atoms with Crippen molar-refractivity contribution < 1.29 is 19.4 Å². The van der Waals surface area contributed by atoms with Gasteiger partial charge in [-0.15, -0.1) is 0 Å². The maximum atomic E-state index is 13.2. The van der Waals surface area contributed by atoms with Crippen LogP contribution in [0.15, 0.2) is 46.8 Å². The summed E-state index contributed by atoms with van der Waals surface area (Å²) >= 11 is 0. The molecule has 0 amide bonds. The molecule has 0 spiro atoms. The molecule has 0 radical (unpaired) electrons. The van der Waals surface area contributed by atoms with E-state index in [4.69, 9.17) is 4.74 Å². The number of esters is 1. The molecule has 1 fully saturated rings. The SMILES string of the molecule is CC1=C(C(=O)OC2CCCC2)[C@H](c2cccc(O)c2)C2=C(CC(C)(C)CC2=O)N1. The number of phenolic OH excluding ortho intramolecular Hbond substituents is 1. The van der Waals surface area contributed by atoms with Crippen LogP contribution in [0.3, 0.4) is 0 Å². The number of phenols is 1. The van der Waals surface area contributed by atoms with E-state index in [-0.39, 0.29) is 29.0 Å². The minimum atomic E-state index is -0.518. The van der Waals surface area contributed by atoms with E-state index < -0.39 is 5.92 Å². The third-order valence-electron chi connectivity index (χ3n) is 6.24. The Morgan fingerprint density at radius 2 is 1.93 bits per heavy atom. The van der Waals surface area contributed by atoms with Crippen molar-refractivity contribution in [2.75, 3.05) is 0 Å². The van der Waals surface area contributed by atoms with E-state index >= 15 is 0 Å². The van der Waals surface area contributed by atoms with Crippen LogP contribution in [0.1, 0.15) is 70.8 Å². The summed E-state index contributed by atoms with van der Waals surface area (Å²) in [6.07, 6.45) is 5.06. The number of benzene rings is 1. The predicted molar refractivity (Wildman–Crippen MR) is 110 cm³/mol. The molecule has 2 N–H and O–H groups in total. The lowest BCUT2D eigenvalue weighted by Gasteiger charge is -2.39. The van der Waals surface area contributed by atoms with Gasteiger partial charge in [-0.05, 0) is 62.1 Å². The van der Waals surface area contributed by atoms with Gasteiger partial charge in [-0.2, -0.15) is 0 Å². The first-order valence-electron chi connectivity index (χ1n) is 10.5. The summed E-state index contributed by atoms with van der Waals surface area (Å²) in [7, 11) is 0. The Morgan fingerprint density at radius 1 is 1.21 bits per heavy atom. The molecule has 29 heavy (non-hydrogen) atoms. The summed E-state index contributed by atoms with van der Waals surface area (Å²) in [5.41, 5.74) is 3.34. The summed E-state index contributed by atoms with van der Waals surface area (Å²) in [6, 6.07) is 6.85. The molecule has 0 saturated heterocycles. The highest BCUT2D eigenvalue weighted by Crippen LogP contribution is 2.47. The standard InChI is InChI=1S/C24H29NO4/c1-14-20(23(28)29-17-9-4-5-10-17)21(15-7-6-8-16(26)11-15)22-18(25-14)12-24(2,3)13-19(22)27/h6-8,11,17,21,25-26H,4-5,9-10,12-13H2,1-3H3/t21-/m0/s1. The first-order chi connectivity index (χ1) is 13.7. The van der Waals surface area contributed by atoms with E-state index in [0.717, 1.165) is 49.1 Å². The summed E-state index contributed by atoms with van der Waals surface area (Å²) in [5.74, 6) is -0.709. The Kier molecular flexibility index (Phi) is 5.01. The number of hydrogen-bond acceptors (Lipinski definition) is 5. The molecule has 0 unspecified atom stereocenters. The van der Waals surface area contributed by atoms with E-state index in [2.05, 4.69) is 19.2 Å². The number of ketones is 1. The number of carbonyl (C=O) groups is 2. The van der Waals surface area contributed by atoms with Gasteiger partial charge in [0.1, 0.15) is 11.9 Å². The average Bonchev–Trinajstić information content (AvgIpc) is 3.12. The average molecular weight is 395 g/mol. The van der Waals surface area contributed by atoms with Gasteiger partial charge in [0.15, 0.2) is 5.78 Å². The quantitative estimate of drug-likeness (QED) is 0.738. The van der Waals surface area contributed by atoms with Crippen LogP contribution in [0.4, 0.5) is 0 Å². The molecule has 3 aliphatic rings. The van der Waals surface area contributed by atoms with Crippen molar-refractivity contribution in [1.29, 1.82) is 0 Å². The largest absolute Gasteiger partial charge is 0.508 e. The number of ether oxygens (including phenoxy) is 1. The zero-order valence-electron chi connectivity index (χ0n) is 17.4. The first-order valence-corrected chi connectivity index (χ1v) is 10.5. The van der Waals surface area contributed by atoms with Gasteiger partial charge in [0.2, 0.25) is 0 Å². The highest BCUT2D eigenvalue weighted by atomic mass is 16.5. The third kappa shape index (κ3) is 3.83. The van der Waals surface area contributed by atoms with Gasteiger partial charge in [-0.3, -0.25) is 4.79 Å². The molecule has 1 aromatic rings. The van der Waals surface area contributed by atoms with Crippen LogP contribution in [0.25, 0.3) is 0 Å². The van der Waals surface area contributed by atoms with Gasteiger partial charge in [0.25, 0.3) is 0 Å². The zero-order chi connectivity index (χ0) is 20.8. The summed E-state index contributed by atoms with van der Waals surface area (Å²) in [4.78, 5) is 26.4. The highest BCUT2D eigenvalue weighted by molar-refractivity contribution is 6.04. The minimum Gasteiger partial charge on any atom is -0.508 e. The number of hydrogen-bond donors (Lipinski definition) is 2. The fourth-order valence-corrected chi connectivity index (χ4v) is 4.97. The normalized spacial score (nSPS) is 24.4. The van der Waals surface area contributed by atoms with Crippen LogP contribution in [-0.4, -0.2) is 23.0 Å². The number of rotatable bonds is 3. The maximum absolute atomic E-state index is 13.2. The molecular formula is C24H29NO4. The van der Waals surface area contributed by atoms with Crippen LogP contribution < -0.4 is 5.32 Å². The highest BCUT2D eigenvalue weighted by Gasteiger charge is 2.43. The molecule has 1 heterocycles. The fraction of sp³-hybridized carbons (Fsp3) is 0.500. The van der Waals surface area contributed by atoms with Gasteiger partial charge < -0.3 is 15.2 Å². The molecule has 4 rings (SSSR count). The number of dihydropyridines is 1. The van der Waals surface area contributed by atoms with Gasteiger partial charge in [0.05, 0.1) is 5.57 Å². The number of nitrogens with one attached hydrogen (secondary N) is 1. The van der Waals surface area contributed by atoms with Crippen LogP contribution in [0.2, 0.25) is 0 Å². The third-order valence-corrected chi connectivity index (χ3v) is 6.24. The Balaban J connectivity index is 1.79. The number of allylic oxidation sites excluding steroid dienone is 3. The van der Waals surface area contributed by atoms with Gasteiger partial charge >= 0.3 is 5.97 Å². The summed E-state index contributed by atoms with van der Waals surface area (Å²) in [6.45, 7) is 6.04. The van der Waals surface area contributed by atoms with Crippen molar-refractivity contribution in [2.45, 2.75) is 71.3 Å². The second-order valence-electron chi connectivity index (χ2n) is 9.34. The van der Waals surface area contributed by atoms with Crippen molar-refractivity contribution >= 4 is 11.8 Å². The molecule has 1 aliphatic heterocycles. The summed E-state index contributed by atoms with van der Waals surface area (Å²) in [5, 5.41) is 13.4. The Labute approximate surface area is 171 Å². The Hall–Kier alpha value is -2.56. The van der Waals surface area contributed by atoms with Crippen LogP contribution >= 0.6 is 0 Å². The zero-order valence-corrected chi connectivity index (χ0v) is 17.4. The lowest BCUT2D eigenvalue weighted by atomic mass is 9.68. The Bertz CT molecular complexity index is 919. The predicted octanol–water partition coefficient (Wildman–Crippen LogP) is 4.48. The van der Waals surface area contributed by atoms with Crippen molar-refractivity contribution in [3.63, 3.8) is 0 Å². The van der Waals surface area contributed by atoms with Gasteiger partial charge in [-0.1, -0.05) is 26.0 Å². The monoisotopic (exact) mass is 395 g/mol. The minimum absolute atomic E-state index is 0.0516. The molecule has 5 nitrogen and oxygen atoms in total. The molecule has 0 bridgehead atoms. The fourth-order valence-electron chi connectivity index (χ4n) is 4.97. The smallest absolute Gasteiger partial charge is 0.337 e. The van der Waals surface area contributed by atoms with Crippen LogP contribution in [0, 0.1) is 5.41 Å². The van der Waals surface area contributed by atoms with Crippen molar-refractivity contribution in [3.05, 3.63) is 52.4 Å². The van der Waals surface area contributed by atoms with E-state index in [0.29, 0.717) is 17.6 Å². The van der Waals surface area contributed by atoms with E-state index in [1.54, 1.807) is 18.2 Å². The van der Waals surface area contributed by atoms with Crippen molar-refractivity contribution in [3.8, 4) is 5.75 Å². The molecule has 5 heteroatoms. The van der Waals surface area contributed by atoms with E-state index in [1.807, 2.05) is 13.0 Å². The van der Waals surface area contributed by atoms with Crippen LogP contribution in [0.5, 0.6) is 5.75 Å². The second kappa shape index (κ2) is 7.36. The van der Waals surface area contributed by atoms with E-state index in [1.165, 1.54) is 0 Å². The number of Topliss-reactive ketones (excluding diaryl/α,β-unsaturated/α-hetero) is 1. The van der Waals surface area contributed by atoms with Gasteiger partial charge in [-0.25, -0.2) is 4.79 Å². The molecule has 154 valence electrons. The van der Waals surface area contributed by atoms with E-state index in [9.17, 15) is 14.7 Å².